The second kappa shape index (κ2) is 5.25. The molecule has 4 heteroatoms. The molecule has 2 aliphatic heterocycles. The molecule has 2 heterocycles. The third kappa shape index (κ3) is 2.69. The highest BCUT2D eigenvalue weighted by Gasteiger charge is 2.30. The molecular weight excluding hydrogens is 192 g/mol. The maximum atomic E-state index is 6.12. The van der Waals surface area contributed by atoms with E-state index in [0.717, 1.165) is 45.6 Å². The summed E-state index contributed by atoms with van der Waals surface area (Å²) < 4.78 is 10.9. The number of nitrogens with zero attached hydrogens (tertiary/aromatic N) is 1. The van der Waals surface area contributed by atoms with Crippen LogP contribution in [0.3, 0.4) is 0 Å². The predicted molar refractivity (Wildman–Crippen MR) is 58.8 cm³/mol. The van der Waals surface area contributed by atoms with E-state index in [-0.39, 0.29) is 6.04 Å². The van der Waals surface area contributed by atoms with Crippen molar-refractivity contribution in [2.75, 3.05) is 33.4 Å². The molecule has 0 aromatic rings. The minimum absolute atomic E-state index is 0.290. The number of ether oxygens (including phenoxy) is 2. The summed E-state index contributed by atoms with van der Waals surface area (Å²) >= 11 is 0. The molecule has 0 radical (unpaired) electrons. The fourth-order valence-electron chi connectivity index (χ4n) is 2.56. The first-order valence-corrected chi connectivity index (χ1v) is 5.91. The second-order valence-electron chi connectivity index (χ2n) is 4.57. The van der Waals surface area contributed by atoms with E-state index in [9.17, 15) is 0 Å². The van der Waals surface area contributed by atoms with Crippen LogP contribution in [0.15, 0.2) is 0 Å². The Kier molecular flexibility index (Phi) is 3.97. The van der Waals surface area contributed by atoms with E-state index in [2.05, 4.69) is 4.90 Å². The van der Waals surface area contributed by atoms with E-state index in [4.69, 9.17) is 15.2 Å². The number of likely N-dealkylation sites (tertiary alicyclic amines) is 1. The van der Waals surface area contributed by atoms with Gasteiger partial charge in [-0.05, 0) is 19.3 Å². The lowest BCUT2D eigenvalue weighted by molar-refractivity contribution is -0.0265. The molecule has 2 fully saturated rings. The lowest BCUT2D eigenvalue weighted by Crippen LogP contribution is -2.56. The van der Waals surface area contributed by atoms with Crippen molar-refractivity contribution in [2.45, 2.75) is 37.5 Å². The van der Waals surface area contributed by atoms with E-state index in [0.29, 0.717) is 12.1 Å². The Morgan fingerprint density at radius 3 is 2.60 bits per heavy atom. The van der Waals surface area contributed by atoms with Gasteiger partial charge < -0.3 is 15.2 Å². The first-order chi connectivity index (χ1) is 7.31. The average Bonchev–Trinajstić information content (AvgIpc) is 2.30. The Balaban J connectivity index is 1.83. The van der Waals surface area contributed by atoms with Crippen molar-refractivity contribution < 1.29 is 9.47 Å². The number of rotatable bonds is 2. The largest absolute Gasteiger partial charge is 0.381 e. The summed E-state index contributed by atoms with van der Waals surface area (Å²) in [5, 5.41) is 0. The molecule has 88 valence electrons. The molecule has 0 aliphatic carbocycles. The van der Waals surface area contributed by atoms with E-state index >= 15 is 0 Å². The van der Waals surface area contributed by atoms with Gasteiger partial charge in [-0.2, -0.15) is 0 Å². The van der Waals surface area contributed by atoms with Crippen molar-refractivity contribution >= 4 is 0 Å². The number of hydrogen-bond acceptors (Lipinski definition) is 4. The van der Waals surface area contributed by atoms with E-state index < -0.39 is 0 Å². The highest BCUT2D eigenvalue weighted by Crippen LogP contribution is 2.19. The van der Waals surface area contributed by atoms with Gasteiger partial charge in [-0.15, -0.1) is 0 Å². The summed E-state index contributed by atoms with van der Waals surface area (Å²) in [6.07, 6.45) is 3.69. The minimum atomic E-state index is 0.290. The monoisotopic (exact) mass is 214 g/mol. The molecule has 2 N–H and O–H groups in total. The molecule has 0 aromatic heterocycles. The molecule has 0 aromatic carbocycles. The van der Waals surface area contributed by atoms with Gasteiger partial charge in [-0.1, -0.05) is 0 Å². The van der Waals surface area contributed by atoms with Gasteiger partial charge >= 0.3 is 0 Å². The third-order valence-electron chi connectivity index (χ3n) is 3.66. The molecule has 0 saturated carbocycles. The summed E-state index contributed by atoms with van der Waals surface area (Å²) in [5.41, 5.74) is 6.12. The van der Waals surface area contributed by atoms with Gasteiger partial charge in [0, 0.05) is 38.9 Å². The zero-order chi connectivity index (χ0) is 10.7. The highest BCUT2D eigenvalue weighted by atomic mass is 16.5. The summed E-state index contributed by atoms with van der Waals surface area (Å²) in [5.74, 6) is 0. The lowest BCUT2D eigenvalue weighted by atomic mass is 9.99. The molecule has 0 spiro atoms. The minimum Gasteiger partial charge on any atom is -0.381 e. The predicted octanol–water partition coefficient (Wildman–Crippen LogP) is 0.213. The van der Waals surface area contributed by atoms with Gasteiger partial charge in [0.2, 0.25) is 0 Å². The summed E-state index contributed by atoms with van der Waals surface area (Å²) in [7, 11) is 1.80. The van der Waals surface area contributed by atoms with Crippen molar-refractivity contribution in [3.63, 3.8) is 0 Å². The average molecular weight is 214 g/mol. The van der Waals surface area contributed by atoms with Crippen LogP contribution in [0.1, 0.15) is 19.3 Å². The second-order valence-corrected chi connectivity index (χ2v) is 4.57. The molecule has 2 aliphatic rings. The fourth-order valence-corrected chi connectivity index (χ4v) is 2.56. The molecule has 4 nitrogen and oxygen atoms in total. The van der Waals surface area contributed by atoms with Crippen LogP contribution >= 0.6 is 0 Å². The van der Waals surface area contributed by atoms with Crippen LogP contribution in [0.4, 0.5) is 0 Å². The van der Waals surface area contributed by atoms with Crippen molar-refractivity contribution in [1.82, 2.24) is 4.90 Å². The van der Waals surface area contributed by atoms with E-state index in [1.54, 1.807) is 7.11 Å². The van der Waals surface area contributed by atoms with Crippen LogP contribution in [0.25, 0.3) is 0 Å². The number of methoxy groups -OCH3 is 1. The zero-order valence-electron chi connectivity index (χ0n) is 9.52. The van der Waals surface area contributed by atoms with Gasteiger partial charge in [0.05, 0.1) is 12.7 Å². The van der Waals surface area contributed by atoms with Crippen LogP contribution in [0, 0.1) is 0 Å². The van der Waals surface area contributed by atoms with E-state index in [1.807, 2.05) is 0 Å². The smallest absolute Gasteiger partial charge is 0.0636 e. The normalized spacial score (nSPS) is 35.6. The maximum Gasteiger partial charge on any atom is 0.0636 e. The van der Waals surface area contributed by atoms with Gasteiger partial charge in [-0.25, -0.2) is 0 Å². The standard InChI is InChI=1S/C11H22N2O2/c1-14-9-2-5-13(6-3-9)11-8-15-7-4-10(11)12/h9-11H,2-8,12H2,1H3. The highest BCUT2D eigenvalue weighted by molar-refractivity contribution is 4.87. The quantitative estimate of drug-likeness (QED) is 0.714. The number of piperidine rings is 1. The first-order valence-electron chi connectivity index (χ1n) is 5.91. The Bertz CT molecular complexity index is 193. The molecule has 2 unspecified atom stereocenters. The van der Waals surface area contributed by atoms with Crippen LogP contribution in [-0.4, -0.2) is 56.5 Å². The SMILES string of the molecule is COC1CCN(C2COCCC2N)CC1. The Hall–Kier alpha value is -0.160. The summed E-state index contributed by atoms with van der Waals surface area (Å²) in [6.45, 7) is 3.82. The first kappa shape index (κ1) is 11.3. The molecule has 2 atom stereocenters. The molecule has 2 rings (SSSR count). The van der Waals surface area contributed by atoms with Crippen LogP contribution in [0.5, 0.6) is 0 Å². The van der Waals surface area contributed by atoms with Gasteiger partial charge in [0.1, 0.15) is 0 Å². The molecule has 2 saturated heterocycles. The zero-order valence-corrected chi connectivity index (χ0v) is 9.52. The Labute approximate surface area is 91.7 Å². The molecule has 15 heavy (non-hydrogen) atoms. The van der Waals surface area contributed by atoms with Gasteiger partial charge in [-0.3, -0.25) is 4.90 Å². The topological polar surface area (TPSA) is 47.7 Å². The number of nitrogens with two attached hydrogens (primary N) is 1. The summed E-state index contributed by atoms with van der Waals surface area (Å²) in [4.78, 5) is 2.47. The van der Waals surface area contributed by atoms with Crippen molar-refractivity contribution in [1.29, 1.82) is 0 Å². The Morgan fingerprint density at radius 2 is 2.00 bits per heavy atom. The molecule has 0 amide bonds. The van der Waals surface area contributed by atoms with Gasteiger partial charge in [0.25, 0.3) is 0 Å². The third-order valence-corrected chi connectivity index (χ3v) is 3.66. The van der Waals surface area contributed by atoms with Crippen LogP contribution in [-0.2, 0) is 9.47 Å². The van der Waals surface area contributed by atoms with Gasteiger partial charge in [0.15, 0.2) is 0 Å². The van der Waals surface area contributed by atoms with Crippen molar-refractivity contribution in [2.24, 2.45) is 5.73 Å². The summed E-state index contributed by atoms with van der Waals surface area (Å²) in [6, 6.07) is 0.717. The Morgan fingerprint density at radius 1 is 1.27 bits per heavy atom. The van der Waals surface area contributed by atoms with Crippen molar-refractivity contribution in [3.8, 4) is 0 Å². The number of hydrogen-bond donors (Lipinski definition) is 1. The van der Waals surface area contributed by atoms with Crippen LogP contribution in [0.2, 0.25) is 0 Å². The van der Waals surface area contributed by atoms with E-state index in [1.165, 1.54) is 0 Å². The fraction of sp³-hybridized carbons (Fsp3) is 1.00. The molecule has 0 bridgehead atoms. The lowest BCUT2D eigenvalue weighted by Gasteiger charge is -2.41. The van der Waals surface area contributed by atoms with Crippen molar-refractivity contribution in [3.05, 3.63) is 0 Å². The maximum absolute atomic E-state index is 6.12. The van der Waals surface area contributed by atoms with Crippen LogP contribution < -0.4 is 5.73 Å². The molecular formula is C11H22N2O2.